The number of nitrogens with zero attached hydrogens (tertiary/aromatic N) is 2. The Kier molecular flexibility index (Phi) is 3.62. The molecule has 0 atom stereocenters. The van der Waals surface area contributed by atoms with Crippen LogP contribution in [0, 0.1) is 11.3 Å². The first kappa shape index (κ1) is 11.6. The van der Waals surface area contributed by atoms with E-state index < -0.39 is 0 Å². The van der Waals surface area contributed by atoms with Crippen molar-refractivity contribution < 1.29 is 4.79 Å². The molecular weight excluding hydrogens is 288 g/mol. The highest BCUT2D eigenvalue weighted by Crippen LogP contribution is 2.30. The minimum Gasteiger partial charge on any atom is -0.335 e. The van der Waals surface area contributed by atoms with Gasteiger partial charge < -0.3 is 4.90 Å². The van der Waals surface area contributed by atoms with Crippen LogP contribution in [-0.2, 0) is 0 Å². The minimum absolute atomic E-state index is 0.0553. The minimum atomic E-state index is 0.0553. The van der Waals surface area contributed by atoms with Crippen molar-refractivity contribution in [3.8, 4) is 6.07 Å². The van der Waals surface area contributed by atoms with Crippen LogP contribution in [0.1, 0.15) is 29.6 Å². The van der Waals surface area contributed by atoms with Gasteiger partial charge in [0.2, 0.25) is 0 Å². The van der Waals surface area contributed by atoms with Crippen molar-refractivity contribution in [3.05, 3.63) is 20.8 Å². The molecule has 0 saturated heterocycles. The van der Waals surface area contributed by atoms with Gasteiger partial charge in [0.1, 0.15) is 0 Å². The van der Waals surface area contributed by atoms with E-state index in [9.17, 15) is 4.79 Å². The Morgan fingerprint density at radius 2 is 2.44 bits per heavy atom. The largest absolute Gasteiger partial charge is 0.335 e. The van der Waals surface area contributed by atoms with E-state index in [2.05, 4.69) is 22.0 Å². The summed E-state index contributed by atoms with van der Waals surface area (Å²) in [5.74, 6) is 0.0553. The smallest absolute Gasteiger partial charge is 0.255 e. The lowest BCUT2D eigenvalue weighted by atomic mass is 10.2. The molecule has 0 bridgehead atoms. The summed E-state index contributed by atoms with van der Waals surface area (Å²) in [5, 5.41) is 10.4. The maximum absolute atomic E-state index is 12.1. The van der Waals surface area contributed by atoms with Crippen LogP contribution in [0.15, 0.2) is 15.2 Å². The zero-order valence-corrected chi connectivity index (χ0v) is 11.1. The quantitative estimate of drug-likeness (QED) is 0.857. The van der Waals surface area contributed by atoms with Gasteiger partial charge in [0.15, 0.2) is 0 Å². The number of carbonyl (C=O) groups is 1. The molecule has 0 aromatic carbocycles. The van der Waals surface area contributed by atoms with Crippen molar-refractivity contribution in [3.63, 3.8) is 0 Å². The summed E-state index contributed by atoms with van der Waals surface area (Å²) < 4.78 is 0.965. The first-order valence-electron chi connectivity index (χ1n) is 5.14. The summed E-state index contributed by atoms with van der Waals surface area (Å²) in [7, 11) is 0. The number of nitriles is 1. The molecule has 0 unspecified atom stereocenters. The van der Waals surface area contributed by atoms with Gasteiger partial charge in [-0.1, -0.05) is 0 Å². The van der Waals surface area contributed by atoms with E-state index in [0.717, 1.165) is 22.2 Å². The molecule has 0 radical (unpaired) electrons. The van der Waals surface area contributed by atoms with E-state index in [0.29, 0.717) is 19.0 Å². The van der Waals surface area contributed by atoms with Crippen molar-refractivity contribution in [1.29, 1.82) is 5.26 Å². The number of rotatable bonds is 4. The number of carbonyl (C=O) groups excluding carboxylic acids is 1. The van der Waals surface area contributed by atoms with E-state index in [1.807, 2.05) is 16.3 Å². The SMILES string of the molecule is N#CCCN(C(=O)c1csc(Br)c1)C1CC1. The molecule has 1 fully saturated rings. The monoisotopic (exact) mass is 298 g/mol. The fraction of sp³-hybridized carbons (Fsp3) is 0.455. The second-order valence-electron chi connectivity index (χ2n) is 3.78. The summed E-state index contributed by atoms with van der Waals surface area (Å²) in [6.45, 7) is 0.549. The summed E-state index contributed by atoms with van der Waals surface area (Å²) in [6.07, 6.45) is 2.55. The molecular formula is C11H11BrN2OS. The number of hydrogen-bond donors (Lipinski definition) is 0. The van der Waals surface area contributed by atoms with Crippen LogP contribution in [0.4, 0.5) is 0 Å². The molecule has 1 amide bonds. The summed E-state index contributed by atoms with van der Waals surface area (Å²) in [4.78, 5) is 14.0. The molecule has 0 aliphatic heterocycles. The van der Waals surface area contributed by atoms with E-state index in [4.69, 9.17) is 5.26 Å². The van der Waals surface area contributed by atoms with Gasteiger partial charge in [-0.15, -0.1) is 11.3 Å². The van der Waals surface area contributed by atoms with Gasteiger partial charge in [-0.05, 0) is 34.8 Å². The fourth-order valence-corrected chi connectivity index (χ4v) is 2.73. The number of hydrogen-bond acceptors (Lipinski definition) is 3. The third kappa shape index (κ3) is 2.63. The van der Waals surface area contributed by atoms with E-state index >= 15 is 0 Å². The molecule has 1 aromatic heterocycles. The number of halogens is 1. The second-order valence-corrected chi connectivity index (χ2v) is 6.07. The van der Waals surface area contributed by atoms with Crippen LogP contribution >= 0.6 is 27.3 Å². The molecule has 2 rings (SSSR count). The summed E-state index contributed by atoms with van der Waals surface area (Å²) >= 11 is 4.86. The van der Waals surface area contributed by atoms with Crippen molar-refractivity contribution >= 4 is 33.2 Å². The van der Waals surface area contributed by atoms with Gasteiger partial charge in [-0.2, -0.15) is 5.26 Å². The van der Waals surface area contributed by atoms with Crippen LogP contribution in [0.3, 0.4) is 0 Å². The number of amides is 1. The van der Waals surface area contributed by atoms with Crippen molar-refractivity contribution in [2.45, 2.75) is 25.3 Å². The molecule has 1 aliphatic carbocycles. The van der Waals surface area contributed by atoms with Crippen LogP contribution in [0.5, 0.6) is 0 Å². The maximum atomic E-state index is 12.1. The maximum Gasteiger partial charge on any atom is 0.255 e. The Labute approximate surface area is 107 Å². The highest BCUT2D eigenvalue weighted by molar-refractivity contribution is 9.11. The second kappa shape index (κ2) is 4.98. The van der Waals surface area contributed by atoms with Gasteiger partial charge >= 0.3 is 0 Å². The normalized spacial score (nSPS) is 14.5. The Morgan fingerprint density at radius 1 is 1.69 bits per heavy atom. The highest BCUT2D eigenvalue weighted by atomic mass is 79.9. The summed E-state index contributed by atoms with van der Waals surface area (Å²) in [5.41, 5.74) is 0.724. The predicted molar refractivity (Wildman–Crippen MR) is 66.3 cm³/mol. The molecule has 1 heterocycles. The zero-order chi connectivity index (χ0) is 11.5. The molecule has 1 aliphatic rings. The molecule has 1 saturated carbocycles. The zero-order valence-electron chi connectivity index (χ0n) is 8.65. The van der Waals surface area contributed by atoms with Crippen LogP contribution in [0.25, 0.3) is 0 Å². The van der Waals surface area contributed by atoms with E-state index in [1.165, 1.54) is 11.3 Å². The molecule has 5 heteroatoms. The Bertz CT molecular complexity index is 433. The third-order valence-electron chi connectivity index (χ3n) is 2.53. The van der Waals surface area contributed by atoms with E-state index in [-0.39, 0.29) is 5.91 Å². The lowest BCUT2D eigenvalue weighted by Gasteiger charge is -2.20. The van der Waals surface area contributed by atoms with Gasteiger partial charge in [0.05, 0.1) is 21.8 Å². The highest BCUT2D eigenvalue weighted by Gasteiger charge is 2.32. The average molecular weight is 299 g/mol. The molecule has 3 nitrogen and oxygen atoms in total. The first-order chi connectivity index (χ1) is 7.72. The van der Waals surface area contributed by atoms with E-state index in [1.54, 1.807) is 0 Å². The van der Waals surface area contributed by atoms with Gasteiger partial charge in [-0.3, -0.25) is 4.79 Å². The molecule has 0 N–H and O–H groups in total. The third-order valence-corrected chi connectivity index (χ3v) is 4.03. The molecule has 0 spiro atoms. The van der Waals surface area contributed by atoms with Gasteiger partial charge in [-0.25, -0.2) is 0 Å². The van der Waals surface area contributed by atoms with Gasteiger partial charge in [0.25, 0.3) is 5.91 Å². The standard InChI is InChI=1S/C11H11BrN2OS/c12-10-6-8(7-16-10)11(15)14(5-1-4-13)9-2-3-9/h6-7,9H,1-3,5H2. The van der Waals surface area contributed by atoms with Crippen LogP contribution in [0.2, 0.25) is 0 Å². The molecule has 16 heavy (non-hydrogen) atoms. The average Bonchev–Trinajstić information content (AvgIpc) is 3.01. The predicted octanol–water partition coefficient (Wildman–Crippen LogP) is 3.03. The van der Waals surface area contributed by atoms with Gasteiger partial charge in [0, 0.05) is 18.0 Å². The van der Waals surface area contributed by atoms with Crippen molar-refractivity contribution in [2.24, 2.45) is 0 Å². The lowest BCUT2D eigenvalue weighted by Crippen LogP contribution is -2.33. The van der Waals surface area contributed by atoms with Crippen LogP contribution in [-0.4, -0.2) is 23.4 Å². The molecule has 84 valence electrons. The lowest BCUT2D eigenvalue weighted by molar-refractivity contribution is 0.0747. The Morgan fingerprint density at radius 3 is 2.94 bits per heavy atom. The molecule has 1 aromatic rings. The fourth-order valence-electron chi connectivity index (χ4n) is 1.59. The van der Waals surface area contributed by atoms with Crippen molar-refractivity contribution in [1.82, 2.24) is 4.90 Å². The Balaban J connectivity index is 2.08. The first-order valence-corrected chi connectivity index (χ1v) is 6.81. The topological polar surface area (TPSA) is 44.1 Å². The summed E-state index contributed by atoms with van der Waals surface area (Å²) in [6, 6.07) is 4.29. The van der Waals surface area contributed by atoms with Crippen molar-refractivity contribution in [2.75, 3.05) is 6.54 Å². The number of thiophene rings is 1. The Hall–Kier alpha value is -0.860. The van der Waals surface area contributed by atoms with Crippen LogP contribution < -0.4 is 0 Å².